The Balaban J connectivity index is 1.36. The van der Waals surface area contributed by atoms with Gasteiger partial charge in [-0.1, -0.05) is 88.7 Å². The predicted octanol–water partition coefficient (Wildman–Crippen LogP) is 0.0104. The van der Waals surface area contributed by atoms with Crippen molar-refractivity contribution in [1.82, 2.24) is 36.1 Å². The highest BCUT2D eigenvalue weighted by Crippen LogP contribution is 2.22. The fraction of sp³-hybridized carbons (Fsp3) is 0.432. The van der Waals surface area contributed by atoms with E-state index >= 15 is 0 Å². The van der Waals surface area contributed by atoms with Crippen molar-refractivity contribution < 1.29 is 44.1 Å². The summed E-state index contributed by atoms with van der Waals surface area (Å²) in [4.78, 5) is 115. The van der Waals surface area contributed by atoms with E-state index < -0.39 is 106 Å². The number of aromatic nitrogens is 2. The van der Waals surface area contributed by atoms with E-state index in [0.717, 1.165) is 0 Å². The summed E-state index contributed by atoms with van der Waals surface area (Å²) in [6, 6.07) is 6.91. The fourth-order valence-electron chi connectivity index (χ4n) is 7.39. The number of carbonyl (C=O) groups is 6. The van der Waals surface area contributed by atoms with Crippen LogP contribution in [0.5, 0.6) is 11.5 Å². The minimum atomic E-state index is -1.36. The van der Waals surface area contributed by atoms with Gasteiger partial charge in [-0.15, -0.1) is 5.75 Å². The van der Waals surface area contributed by atoms with E-state index in [4.69, 9.17) is 0 Å². The van der Waals surface area contributed by atoms with E-state index in [9.17, 15) is 53.7 Å². The molecule has 0 saturated carbocycles. The van der Waals surface area contributed by atoms with Crippen molar-refractivity contribution in [3.8, 4) is 11.5 Å². The summed E-state index contributed by atoms with van der Waals surface area (Å²) in [5.41, 5.74) is -0.878. The second kappa shape index (κ2) is 21.2. The van der Waals surface area contributed by atoms with Gasteiger partial charge in [-0.2, -0.15) is 0 Å². The zero-order valence-electron chi connectivity index (χ0n) is 35.4. The molecular weight excluding hydrogens is 817 g/mol. The SMILES string of the molecule is CCC(C)C(NC(=O)C(Cc1ccc([O-])cc1)NC(=O)C(Nc1c(O)c(=O)c1=O)C(C)C)C(=O)NC(Cc1cnc[nH]1)C(=O)N1CCCC1C(=O)NC(Cc1ccccc1)C(=O)O. The number of imidazole rings is 1. The first-order valence-electron chi connectivity index (χ1n) is 20.8. The predicted molar refractivity (Wildman–Crippen MR) is 227 cm³/mol. The average molecular weight is 870 g/mol. The maximum absolute atomic E-state index is 14.4. The lowest BCUT2D eigenvalue weighted by molar-refractivity contribution is -0.268. The van der Waals surface area contributed by atoms with E-state index in [2.05, 4.69) is 36.6 Å². The van der Waals surface area contributed by atoms with Crippen molar-refractivity contribution in [3.63, 3.8) is 0 Å². The van der Waals surface area contributed by atoms with Crippen LogP contribution < -0.4 is 42.5 Å². The van der Waals surface area contributed by atoms with Crippen LogP contribution in [0, 0.1) is 11.8 Å². The number of likely N-dealkylation sites (tertiary alicyclic amines) is 1. The summed E-state index contributed by atoms with van der Waals surface area (Å²) in [5.74, 6) is -6.99. The third kappa shape index (κ3) is 11.9. The number of benzene rings is 2. The number of hydrogen-bond acceptors (Lipinski definition) is 12. The molecule has 1 aliphatic rings. The number of carboxylic acid groups (broad SMARTS) is 1. The number of hydrogen-bond donors (Lipinski definition) is 8. The first-order valence-corrected chi connectivity index (χ1v) is 20.8. The van der Waals surface area contributed by atoms with Crippen LogP contribution in [0.25, 0.3) is 0 Å². The van der Waals surface area contributed by atoms with Crippen molar-refractivity contribution >= 4 is 41.2 Å². The molecule has 1 aromatic heterocycles. The molecule has 0 bridgehead atoms. The Hall–Kier alpha value is -7.05. The molecule has 5 amide bonds. The quantitative estimate of drug-likeness (QED) is 0.0513. The van der Waals surface area contributed by atoms with Gasteiger partial charge >= 0.3 is 5.97 Å². The number of rotatable bonds is 21. The zero-order valence-corrected chi connectivity index (χ0v) is 35.4. The monoisotopic (exact) mass is 869 g/mol. The van der Waals surface area contributed by atoms with Crippen molar-refractivity contribution in [2.75, 3.05) is 11.9 Å². The summed E-state index contributed by atoms with van der Waals surface area (Å²) in [7, 11) is 0. The van der Waals surface area contributed by atoms with E-state index in [0.29, 0.717) is 29.7 Å². The molecule has 0 aliphatic carbocycles. The topological polar surface area (TPSA) is 292 Å². The Morgan fingerprint density at radius 1 is 0.810 bits per heavy atom. The molecule has 19 heteroatoms. The Kier molecular flexibility index (Phi) is 15.8. The van der Waals surface area contributed by atoms with Gasteiger partial charge in [0.15, 0.2) is 5.75 Å². The number of carbonyl (C=O) groups excluding carboxylic acids is 5. The summed E-state index contributed by atoms with van der Waals surface area (Å²) in [6.07, 6.45) is 3.72. The zero-order chi connectivity index (χ0) is 46.0. The Morgan fingerprint density at radius 2 is 1.44 bits per heavy atom. The van der Waals surface area contributed by atoms with Gasteiger partial charge in [0.2, 0.25) is 29.5 Å². The van der Waals surface area contributed by atoms with E-state index in [1.54, 1.807) is 58.0 Å². The number of aliphatic carboxylic acids is 1. The van der Waals surface area contributed by atoms with Crippen molar-refractivity contribution in [2.24, 2.45) is 11.8 Å². The maximum atomic E-state index is 14.4. The lowest BCUT2D eigenvalue weighted by Gasteiger charge is -2.32. The van der Waals surface area contributed by atoms with E-state index in [1.165, 1.54) is 41.7 Å². The molecule has 1 fully saturated rings. The summed E-state index contributed by atoms with van der Waals surface area (Å²) < 4.78 is 0. The van der Waals surface area contributed by atoms with Gasteiger partial charge in [0.05, 0.1) is 6.33 Å². The molecule has 4 aromatic rings. The molecule has 0 spiro atoms. The molecular formula is C44H53N8O11-. The molecule has 19 nitrogen and oxygen atoms in total. The third-order valence-electron chi connectivity index (χ3n) is 11.3. The van der Waals surface area contributed by atoms with Crippen LogP contribution in [0.3, 0.4) is 0 Å². The number of amides is 5. The highest BCUT2D eigenvalue weighted by molar-refractivity contribution is 5.97. The van der Waals surface area contributed by atoms with Gasteiger partial charge in [-0.3, -0.25) is 33.6 Å². The molecule has 0 radical (unpaired) electrons. The molecule has 2 heterocycles. The Morgan fingerprint density at radius 3 is 2.05 bits per heavy atom. The average Bonchev–Trinajstić information content (AvgIpc) is 3.98. The van der Waals surface area contributed by atoms with Crippen LogP contribution in [-0.4, -0.2) is 103 Å². The molecule has 7 unspecified atom stereocenters. The highest BCUT2D eigenvalue weighted by atomic mass is 16.4. The normalized spacial score (nSPS) is 16.6. The van der Waals surface area contributed by atoms with Gasteiger partial charge in [0, 0.05) is 37.7 Å². The smallest absolute Gasteiger partial charge is 0.326 e. The minimum Gasteiger partial charge on any atom is -0.872 e. The molecule has 3 aromatic carbocycles. The Labute approximate surface area is 362 Å². The fourth-order valence-corrected chi connectivity index (χ4v) is 7.39. The van der Waals surface area contributed by atoms with Gasteiger partial charge in [-0.25, -0.2) is 9.78 Å². The minimum absolute atomic E-state index is 0.0158. The van der Waals surface area contributed by atoms with Crippen molar-refractivity contribution in [1.29, 1.82) is 0 Å². The van der Waals surface area contributed by atoms with Gasteiger partial charge < -0.3 is 51.8 Å². The largest absolute Gasteiger partial charge is 0.872 e. The van der Waals surface area contributed by atoms with Gasteiger partial charge in [0.1, 0.15) is 41.9 Å². The standard InChI is InChI=1S/C44H54N8O11/c1-5-24(4)34(51-39(57)29(18-26-13-15-28(53)16-14-26)47-41(59)33(23(2)3)50-35-36(54)38(56)37(35)55)42(60)48-30(20-27-21-45-22-46-27)43(61)52-17-9-12-32(52)40(58)49-31(44(62)63)19-25-10-7-6-8-11-25/h6-8,10-11,13-16,21-24,29-34,50,53-54H,5,9,12,17-20H2,1-4H3,(H,45,46)(H,47,59)(H,48,60)(H,49,58)(H,51,57)(H,62,63)/p-1. The number of aromatic amines is 1. The number of aromatic hydroxyl groups is 1. The Bertz CT molecular complexity index is 2310. The second-order valence-corrected chi connectivity index (χ2v) is 16.1. The lowest BCUT2D eigenvalue weighted by atomic mass is 9.96. The third-order valence-corrected chi connectivity index (χ3v) is 11.3. The summed E-state index contributed by atoms with van der Waals surface area (Å²) >= 11 is 0. The summed E-state index contributed by atoms with van der Waals surface area (Å²) in [6.45, 7) is 6.93. The van der Waals surface area contributed by atoms with Gasteiger partial charge in [0.25, 0.3) is 10.9 Å². The molecule has 1 saturated heterocycles. The lowest BCUT2D eigenvalue weighted by Crippen LogP contribution is -2.61. The van der Waals surface area contributed by atoms with Crippen LogP contribution in [-0.2, 0) is 48.0 Å². The highest BCUT2D eigenvalue weighted by Gasteiger charge is 2.41. The number of carboxylic acids is 1. The number of anilines is 1. The van der Waals surface area contributed by atoms with Crippen LogP contribution in [0.4, 0.5) is 5.69 Å². The van der Waals surface area contributed by atoms with Crippen LogP contribution in [0.15, 0.2) is 76.7 Å². The number of H-pyrrole nitrogens is 1. The molecule has 63 heavy (non-hydrogen) atoms. The first kappa shape index (κ1) is 47.0. The van der Waals surface area contributed by atoms with Crippen molar-refractivity contribution in [3.05, 3.63) is 104 Å². The second-order valence-electron chi connectivity index (χ2n) is 16.1. The van der Waals surface area contributed by atoms with Crippen LogP contribution in [0.2, 0.25) is 0 Å². The molecule has 7 atom stereocenters. The maximum Gasteiger partial charge on any atom is 0.326 e. The van der Waals surface area contributed by atoms with Crippen LogP contribution >= 0.6 is 0 Å². The molecule has 8 N–H and O–H groups in total. The van der Waals surface area contributed by atoms with E-state index in [1.807, 2.05) is 0 Å². The number of nitrogens with zero attached hydrogens (tertiary/aromatic N) is 2. The van der Waals surface area contributed by atoms with Crippen molar-refractivity contribution in [2.45, 2.75) is 102 Å². The summed E-state index contributed by atoms with van der Waals surface area (Å²) in [5, 5.41) is 45.1. The molecule has 1 aliphatic heterocycles. The molecule has 336 valence electrons. The number of nitrogens with one attached hydrogen (secondary N) is 6. The van der Waals surface area contributed by atoms with E-state index in [-0.39, 0.29) is 38.0 Å². The molecule has 5 rings (SSSR count). The van der Waals surface area contributed by atoms with Gasteiger partial charge in [-0.05, 0) is 35.8 Å². The first-order chi connectivity index (χ1) is 30.0. The van der Waals surface area contributed by atoms with Crippen LogP contribution in [0.1, 0.15) is 63.8 Å².